The molecule has 594 valence electrons. The molecule has 0 fully saturated rings. The quantitative estimate of drug-likeness (QED) is 0.125. The second kappa shape index (κ2) is 32.7. The minimum Gasteiger partial charge on any atom is -0.257 e. The van der Waals surface area contributed by atoms with Crippen molar-refractivity contribution in [3.05, 3.63) is 373 Å². The molecule has 4 aliphatic rings. The molecule has 0 bridgehead atoms. The van der Waals surface area contributed by atoms with Crippen LogP contribution >= 0.6 is 0 Å². The van der Waals surface area contributed by atoms with Gasteiger partial charge in [-0.3, -0.25) is 4.98 Å². The smallest absolute Gasteiger partial charge is 0.212 e. The van der Waals surface area contributed by atoms with Crippen LogP contribution in [-0.2, 0) is 66.7 Å². The van der Waals surface area contributed by atoms with E-state index in [-0.39, 0.29) is 10.8 Å². The molecule has 0 amide bonds. The maximum atomic E-state index is 4.72. The van der Waals surface area contributed by atoms with E-state index in [0.29, 0.717) is 5.92 Å². The van der Waals surface area contributed by atoms with Gasteiger partial charge in [0.2, 0.25) is 22.8 Å². The number of benzene rings is 10. The van der Waals surface area contributed by atoms with Crippen molar-refractivity contribution >= 4 is 0 Å². The summed E-state index contributed by atoms with van der Waals surface area (Å²) in [5.74, 6) is 0.524. The van der Waals surface area contributed by atoms with Crippen LogP contribution < -0.4 is 18.3 Å². The van der Waals surface area contributed by atoms with Gasteiger partial charge in [-0.25, -0.2) is 18.3 Å². The summed E-state index contributed by atoms with van der Waals surface area (Å²) >= 11 is 0. The van der Waals surface area contributed by atoms with E-state index in [1.807, 2.05) is 0 Å². The minimum absolute atomic E-state index is 0.256. The Hall–Kier alpha value is -12.1. The minimum atomic E-state index is 0.256. The number of fused-ring (bicyclic) bond motifs is 12. The third-order valence-electron chi connectivity index (χ3n) is 25.6. The Labute approximate surface area is 709 Å². The SMILES string of the molecule is Cc1c[n+](C)c(-c2cc(-c3ccccc3)c3c(c2C)Cc2ccccc2-3)cc1CC(C)(C)C.Cc1cc(-c2cc(-c3ccccc3)c3c(c2C)Cc2ccccc2-3)[n+](C)cc1C(C)C.Cc1cc(-c2cc(-c3ccccc3)c3c(c2C)Cc2ccccc2-3)[n+](C)cc1CC(C)(C)C.Cc1ccc2c(n1)Cc1c-2ccc(-c2cccc[n+]2C)c1C. The first-order chi connectivity index (χ1) is 57.1. The maximum Gasteiger partial charge on any atom is 0.212 e. The van der Waals surface area contributed by atoms with Gasteiger partial charge < -0.3 is 0 Å². The second-order valence-corrected chi connectivity index (χ2v) is 37.0. The summed E-state index contributed by atoms with van der Waals surface area (Å²) in [6.45, 7) is 36.4. The van der Waals surface area contributed by atoms with Crippen molar-refractivity contribution in [2.45, 2.75) is 155 Å². The molecule has 5 heterocycles. The van der Waals surface area contributed by atoms with Gasteiger partial charge in [0.05, 0.1) is 5.69 Å². The first-order valence-electron chi connectivity index (χ1n) is 43.0. The van der Waals surface area contributed by atoms with E-state index in [1.165, 1.54) is 223 Å². The van der Waals surface area contributed by atoms with E-state index < -0.39 is 0 Å². The number of pyridine rings is 5. The van der Waals surface area contributed by atoms with Crippen molar-refractivity contribution in [1.82, 2.24) is 4.98 Å². The van der Waals surface area contributed by atoms with Crippen LogP contribution in [0.5, 0.6) is 0 Å². The van der Waals surface area contributed by atoms with Gasteiger partial charge in [0, 0.05) is 87.0 Å². The van der Waals surface area contributed by atoms with Crippen molar-refractivity contribution in [1.29, 1.82) is 0 Å². The fourth-order valence-electron chi connectivity index (χ4n) is 19.6. The van der Waals surface area contributed by atoms with Crippen molar-refractivity contribution in [2.24, 2.45) is 39.0 Å². The summed E-state index contributed by atoms with van der Waals surface area (Å²) in [6, 6.07) is 89.0. The second-order valence-electron chi connectivity index (χ2n) is 37.0. The van der Waals surface area contributed by atoms with Gasteiger partial charge in [-0.05, 0) is 291 Å². The van der Waals surface area contributed by atoms with E-state index in [1.54, 1.807) is 0 Å². The lowest BCUT2D eigenvalue weighted by atomic mass is 9.85. The molecule has 0 atom stereocenters. The average Bonchev–Trinajstić information content (AvgIpc) is 1.63. The Morgan fingerprint density at radius 2 is 0.689 bits per heavy atom. The fraction of sp³-hybridized carbons (Fsp3) is 0.254. The van der Waals surface area contributed by atoms with Gasteiger partial charge >= 0.3 is 0 Å². The number of hydrogen-bond acceptors (Lipinski definition) is 1. The third kappa shape index (κ3) is 15.9. The highest BCUT2D eigenvalue weighted by atomic mass is 14.9. The number of aryl methyl sites for hydroxylation is 8. The first kappa shape index (κ1) is 80.7. The summed E-state index contributed by atoms with van der Waals surface area (Å²) < 4.78 is 9.14. The largest absolute Gasteiger partial charge is 0.257 e. The summed E-state index contributed by atoms with van der Waals surface area (Å²) in [6.07, 6.45) is 15.2. The highest BCUT2D eigenvalue weighted by Gasteiger charge is 2.34. The summed E-state index contributed by atoms with van der Waals surface area (Å²) in [4.78, 5) is 4.72. The van der Waals surface area contributed by atoms with Crippen LogP contribution in [-0.4, -0.2) is 4.98 Å². The molecular weight excluding hydrogens is 1440 g/mol. The van der Waals surface area contributed by atoms with E-state index >= 15 is 0 Å². The molecule has 0 aliphatic heterocycles. The van der Waals surface area contributed by atoms with E-state index in [0.717, 1.165) is 44.2 Å². The van der Waals surface area contributed by atoms with E-state index in [9.17, 15) is 0 Å². The lowest BCUT2D eigenvalue weighted by Gasteiger charge is -2.20. The van der Waals surface area contributed by atoms with Gasteiger partial charge in [0.1, 0.15) is 28.2 Å². The molecule has 5 heteroatoms. The highest BCUT2D eigenvalue weighted by Crippen LogP contribution is 2.52. The number of nitrogens with zero attached hydrogens (tertiary/aromatic N) is 5. The Morgan fingerprint density at radius 3 is 1.14 bits per heavy atom. The highest BCUT2D eigenvalue weighted by molar-refractivity contribution is 5.97. The molecule has 0 saturated carbocycles. The molecule has 0 unspecified atom stereocenters. The van der Waals surface area contributed by atoms with Crippen molar-refractivity contribution in [3.8, 4) is 123 Å². The first-order valence-corrected chi connectivity index (χ1v) is 43.0. The van der Waals surface area contributed by atoms with Crippen molar-refractivity contribution < 1.29 is 18.3 Å². The van der Waals surface area contributed by atoms with Crippen LogP contribution in [0, 0.1) is 66.2 Å². The van der Waals surface area contributed by atoms with Crippen LogP contribution in [0.15, 0.2) is 267 Å². The molecule has 119 heavy (non-hydrogen) atoms. The molecule has 0 N–H and O–H groups in total. The molecule has 5 nitrogen and oxygen atoms in total. The number of rotatable bonds is 10. The van der Waals surface area contributed by atoms with E-state index in [2.05, 4.69) is 425 Å². The molecule has 5 aromatic heterocycles. The Morgan fingerprint density at radius 1 is 0.303 bits per heavy atom. The fourth-order valence-corrected chi connectivity index (χ4v) is 19.6. The zero-order chi connectivity index (χ0) is 83.6. The molecule has 0 radical (unpaired) electrons. The van der Waals surface area contributed by atoms with Gasteiger partial charge in [-0.1, -0.05) is 231 Å². The van der Waals surface area contributed by atoms with E-state index in [4.69, 9.17) is 4.98 Å². The lowest BCUT2D eigenvalue weighted by molar-refractivity contribution is -0.661. The monoisotopic (exact) mass is 1560 g/mol. The molecule has 19 rings (SSSR count). The summed E-state index contributed by atoms with van der Waals surface area (Å²) in [7, 11) is 8.67. The van der Waals surface area contributed by atoms with Crippen LogP contribution in [0.1, 0.15) is 167 Å². The van der Waals surface area contributed by atoms with Crippen LogP contribution in [0.25, 0.3) is 123 Å². The number of aromatic nitrogens is 5. The van der Waals surface area contributed by atoms with Crippen LogP contribution in [0.4, 0.5) is 0 Å². The summed E-state index contributed by atoms with van der Waals surface area (Å²) in [5, 5.41) is 0. The van der Waals surface area contributed by atoms with Gasteiger partial charge in [-0.2, -0.15) is 0 Å². The normalized spacial score (nSPS) is 12.4. The van der Waals surface area contributed by atoms with Crippen LogP contribution in [0.3, 0.4) is 0 Å². The zero-order valence-corrected chi connectivity index (χ0v) is 74.0. The Kier molecular flexibility index (Phi) is 22.2. The van der Waals surface area contributed by atoms with Crippen molar-refractivity contribution in [3.63, 3.8) is 0 Å². The predicted molar refractivity (Wildman–Crippen MR) is 498 cm³/mol. The maximum absolute atomic E-state index is 4.72. The summed E-state index contributed by atoms with van der Waals surface area (Å²) in [5.41, 5.74) is 56.4. The molecule has 15 aromatic rings. The van der Waals surface area contributed by atoms with Gasteiger partial charge in [-0.15, -0.1) is 0 Å². The lowest BCUT2D eigenvalue weighted by Crippen LogP contribution is -2.32. The Balaban J connectivity index is 0.000000119. The zero-order valence-electron chi connectivity index (χ0n) is 74.0. The van der Waals surface area contributed by atoms with Gasteiger partial charge in [0.15, 0.2) is 24.8 Å². The van der Waals surface area contributed by atoms with Crippen LogP contribution in [0.2, 0.25) is 0 Å². The molecule has 4 aliphatic carbocycles. The molecule has 0 spiro atoms. The molecule has 0 saturated heterocycles. The Bertz CT molecular complexity index is 6460. The third-order valence-corrected chi connectivity index (χ3v) is 25.6. The van der Waals surface area contributed by atoms with Gasteiger partial charge in [0.25, 0.3) is 0 Å². The molecule has 10 aromatic carbocycles. The van der Waals surface area contributed by atoms with Crippen molar-refractivity contribution in [2.75, 3.05) is 0 Å². The standard InChI is InChI=1S/2C32H34N.C30H30N.C20H19N2/c1-21-20-33(6)30(17-25(21)19-32(3,4)5)27-18-29(23-12-8-7-9-13-23)31-26-15-11-10-14-24(26)16-28(31)22(27)2;1-21-16-30(33(6)20-25(21)19-32(3,4)5)27-18-29(23-12-8-7-9-13-23)31-26-15-11-10-14-24(26)17-28(31)22(27)2;1-19(2)28-18-31(5)29(15-20(28)3)25-17-27(22-11-7-6-8-12-22)30-24-14-10-9-13-23(24)16-26(30)21(25)4;1-13-7-8-17-16-10-9-15(20-6-4-5-11-22(20)3)14(2)18(16)12-19(17)21-13/h7-15,17-18,20H,16,19H2,1-6H3;7-16,18,20H,17,19H2,1-6H3;6-15,17-19H,16H2,1-5H3;4-11H,12H2,1-3H3/q4*+1. The topological polar surface area (TPSA) is 28.4 Å². The average molecular weight is 1560 g/mol. The predicted octanol–water partition coefficient (Wildman–Crippen LogP) is 26.2. The molecular formula is C114H117N5+4. The number of hydrogen-bond donors (Lipinski definition) is 0.